The molecule has 0 aliphatic heterocycles. The third-order valence-electron chi connectivity index (χ3n) is 3.88. The van der Waals surface area contributed by atoms with E-state index in [0.717, 1.165) is 42.0 Å². The summed E-state index contributed by atoms with van der Waals surface area (Å²) in [5.74, 6) is 1.98. The van der Waals surface area contributed by atoms with Gasteiger partial charge in [-0.05, 0) is 42.8 Å². The number of aryl methyl sites for hydroxylation is 2. The summed E-state index contributed by atoms with van der Waals surface area (Å²) in [4.78, 5) is 4.79. The van der Waals surface area contributed by atoms with Crippen molar-refractivity contribution in [3.05, 3.63) is 65.7 Å². The van der Waals surface area contributed by atoms with E-state index in [9.17, 15) is 0 Å². The fourth-order valence-corrected chi connectivity index (χ4v) is 2.72. The molecular formula is C18H21N3O. The van der Waals surface area contributed by atoms with Gasteiger partial charge in [-0.15, -0.1) is 0 Å². The number of pyridine rings is 1. The molecule has 0 saturated heterocycles. The molecule has 4 heteroatoms. The molecular weight excluding hydrogens is 274 g/mol. The lowest BCUT2D eigenvalue weighted by molar-refractivity contribution is 0.414. The van der Waals surface area contributed by atoms with Gasteiger partial charge in [0.25, 0.3) is 0 Å². The molecule has 0 aliphatic rings. The molecule has 4 nitrogen and oxygen atoms in total. The summed E-state index contributed by atoms with van der Waals surface area (Å²) < 4.78 is 7.37. The molecule has 3 aromatic rings. The van der Waals surface area contributed by atoms with Crippen LogP contribution in [-0.2, 0) is 19.3 Å². The van der Waals surface area contributed by atoms with E-state index in [1.807, 2.05) is 24.3 Å². The minimum Gasteiger partial charge on any atom is -0.497 e. The van der Waals surface area contributed by atoms with Gasteiger partial charge >= 0.3 is 0 Å². The number of benzene rings is 1. The van der Waals surface area contributed by atoms with Crippen LogP contribution >= 0.6 is 0 Å². The second kappa shape index (κ2) is 6.62. The Morgan fingerprint density at radius 1 is 1.05 bits per heavy atom. The minimum atomic E-state index is 0.624. The van der Waals surface area contributed by atoms with Gasteiger partial charge in [-0.3, -0.25) is 0 Å². The van der Waals surface area contributed by atoms with Crippen molar-refractivity contribution < 1.29 is 4.74 Å². The topological polar surface area (TPSA) is 52.5 Å². The van der Waals surface area contributed by atoms with Gasteiger partial charge < -0.3 is 14.9 Å². The smallest absolute Gasteiger partial charge is 0.118 e. The molecule has 114 valence electrons. The highest BCUT2D eigenvalue weighted by Crippen LogP contribution is 2.17. The van der Waals surface area contributed by atoms with E-state index in [1.165, 1.54) is 5.56 Å². The van der Waals surface area contributed by atoms with Gasteiger partial charge in [-0.25, -0.2) is 4.98 Å². The van der Waals surface area contributed by atoms with Crippen LogP contribution < -0.4 is 10.5 Å². The molecule has 22 heavy (non-hydrogen) atoms. The first-order chi connectivity index (χ1) is 10.8. The number of ether oxygens (including phenoxy) is 1. The van der Waals surface area contributed by atoms with E-state index in [2.05, 4.69) is 28.8 Å². The number of methoxy groups -OCH3 is 1. The van der Waals surface area contributed by atoms with Crippen LogP contribution in [0.25, 0.3) is 5.52 Å². The highest BCUT2D eigenvalue weighted by atomic mass is 16.5. The maximum atomic E-state index is 5.69. The number of fused-ring (bicyclic) bond motifs is 1. The molecule has 2 aromatic heterocycles. The van der Waals surface area contributed by atoms with Gasteiger partial charge in [0.2, 0.25) is 0 Å². The molecule has 0 amide bonds. The Kier molecular flexibility index (Phi) is 4.39. The van der Waals surface area contributed by atoms with E-state index >= 15 is 0 Å². The minimum absolute atomic E-state index is 0.624. The Morgan fingerprint density at radius 2 is 1.86 bits per heavy atom. The number of hydrogen-bond donors (Lipinski definition) is 1. The zero-order chi connectivity index (χ0) is 15.4. The predicted molar refractivity (Wildman–Crippen MR) is 88.4 cm³/mol. The van der Waals surface area contributed by atoms with Crippen LogP contribution in [0.4, 0.5) is 0 Å². The van der Waals surface area contributed by atoms with Crippen molar-refractivity contribution >= 4 is 5.52 Å². The first-order valence-electron chi connectivity index (χ1n) is 7.59. The van der Waals surface area contributed by atoms with Crippen LogP contribution in [0.5, 0.6) is 5.75 Å². The van der Waals surface area contributed by atoms with E-state index in [4.69, 9.17) is 15.5 Å². The molecule has 0 bridgehead atoms. The van der Waals surface area contributed by atoms with Crippen LogP contribution in [0, 0.1) is 0 Å². The van der Waals surface area contributed by atoms with Crippen molar-refractivity contribution in [1.82, 2.24) is 9.38 Å². The third-order valence-corrected chi connectivity index (χ3v) is 3.88. The van der Waals surface area contributed by atoms with Crippen molar-refractivity contribution in [1.29, 1.82) is 0 Å². The second-order valence-corrected chi connectivity index (χ2v) is 5.32. The van der Waals surface area contributed by atoms with Crippen LogP contribution in [0.3, 0.4) is 0 Å². The van der Waals surface area contributed by atoms with E-state index < -0.39 is 0 Å². The zero-order valence-electron chi connectivity index (χ0n) is 12.8. The highest BCUT2D eigenvalue weighted by Gasteiger charge is 2.09. The fraction of sp³-hybridized carbons (Fsp3) is 0.278. The van der Waals surface area contributed by atoms with Crippen molar-refractivity contribution in [2.75, 3.05) is 13.7 Å². The number of nitrogens with two attached hydrogens (primary N) is 1. The number of nitrogens with zero attached hydrogens (tertiary/aromatic N) is 2. The van der Waals surface area contributed by atoms with E-state index in [-0.39, 0.29) is 0 Å². The average Bonchev–Trinajstić information content (AvgIpc) is 2.92. The second-order valence-electron chi connectivity index (χ2n) is 5.32. The Balaban J connectivity index is 1.80. The van der Waals surface area contributed by atoms with Crippen LogP contribution in [0.1, 0.15) is 17.1 Å². The van der Waals surface area contributed by atoms with Gasteiger partial charge in [0.1, 0.15) is 11.6 Å². The maximum Gasteiger partial charge on any atom is 0.118 e. The summed E-state index contributed by atoms with van der Waals surface area (Å²) >= 11 is 0. The molecule has 0 atom stereocenters. The Morgan fingerprint density at radius 3 is 2.59 bits per heavy atom. The Bertz CT molecular complexity index is 747. The number of imidazole rings is 1. The largest absolute Gasteiger partial charge is 0.497 e. The van der Waals surface area contributed by atoms with Crippen molar-refractivity contribution in [3.8, 4) is 5.75 Å². The molecule has 2 heterocycles. The summed E-state index contributed by atoms with van der Waals surface area (Å²) in [6.45, 7) is 0.624. The molecule has 0 spiro atoms. The van der Waals surface area contributed by atoms with Gasteiger partial charge in [0.05, 0.1) is 18.3 Å². The van der Waals surface area contributed by atoms with Crippen molar-refractivity contribution in [2.24, 2.45) is 5.73 Å². The standard InChI is InChI=1S/C18H21N3O/c1-22-15-8-5-14(6-9-15)7-10-18-20-16(11-12-19)17-4-2-3-13-21(17)18/h2-6,8-9,13H,7,10-12,19H2,1H3. The fourth-order valence-electron chi connectivity index (χ4n) is 2.72. The highest BCUT2D eigenvalue weighted by molar-refractivity contribution is 5.53. The summed E-state index contributed by atoms with van der Waals surface area (Å²) in [7, 11) is 1.69. The van der Waals surface area contributed by atoms with Crippen LogP contribution in [0.15, 0.2) is 48.7 Å². The number of rotatable bonds is 6. The predicted octanol–water partition coefficient (Wildman–Crippen LogP) is 2.63. The monoisotopic (exact) mass is 295 g/mol. The number of hydrogen-bond acceptors (Lipinski definition) is 3. The lowest BCUT2D eigenvalue weighted by Crippen LogP contribution is -2.03. The van der Waals surface area contributed by atoms with Gasteiger partial charge in [0.15, 0.2) is 0 Å². The Hall–Kier alpha value is -2.33. The molecule has 1 aromatic carbocycles. The molecule has 0 unspecified atom stereocenters. The average molecular weight is 295 g/mol. The third kappa shape index (κ3) is 2.97. The molecule has 3 rings (SSSR count). The van der Waals surface area contributed by atoms with Gasteiger partial charge in [-0.1, -0.05) is 18.2 Å². The first-order valence-corrected chi connectivity index (χ1v) is 7.59. The molecule has 0 saturated carbocycles. The summed E-state index contributed by atoms with van der Waals surface area (Å²) in [6.07, 6.45) is 4.75. The van der Waals surface area contributed by atoms with Crippen LogP contribution in [-0.4, -0.2) is 23.0 Å². The van der Waals surface area contributed by atoms with Gasteiger partial charge in [-0.2, -0.15) is 0 Å². The lowest BCUT2D eigenvalue weighted by atomic mass is 10.1. The van der Waals surface area contributed by atoms with Crippen molar-refractivity contribution in [3.63, 3.8) is 0 Å². The summed E-state index contributed by atoms with van der Waals surface area (Å²) in [5, 5.41) is 0. The molecule has 0 radical (unpaired) electrons. The lowest BCUT2D eigenvalue weighted by Gasteiger charge is -2.03. The molecule has 0 fully saturated rings. The van der Waals surface area contributed by atoms with Gasteiger partial charge in [0, 0.05) is 19.0 Å². The first kappa shape index (κ1) is 14.6. The van der Waals surface area contributed by atoms with Crippen molar-refractivity contribution in [2.45, 2.75) is 19.3 Å². The van der Waals surface area contributed by atoms with E-state index in [0.29, 0.717) is 6.54 Å². The summed E-state index contributed by atoms with van der Waals surface area (Å²) in [6, 6.07) is 14.4. The maximum absolute atomic E-state index is 5.69. The quantitative estimate of drug-likeness (QED) is 0.760. The van der Waals surface area contributed by atoms with E-state index in [1.54, 1.807) is 7.11 Å². The number of aromatic nitrogens is 2. The SMILES string of the molecule is COc1ccc(CCc2nc(CCN)c3ccccn23)cc1. The molecule has 2 N–H and O–H groups in total. The normalized spacial score (nSPS) is 11.0. The van der Waals surface area contributed by atoms with Crippen LogP contribution in [0.2, 0.25) is 0 Å². The summed E-state index contributed by atoms with van der Waals surface area (Å²) in [5.41, 5.74) is 9.23. The molecule has 0 aliphatic carbocycles. The Labute approximate surface area is 130 Å². The zero-order valence-corrected chi connectivity index (χ0v) is 12.8.